The lowest BCUT2D eigenvalue weighted by Crippen LogP contribution is -2.71. The molecule has 0 aromatic carbocycles. The summed E-state index contributed by atoms with van der Waals surface area (Å²) in [5.74, 6) is -3.74. The van der Waals surface area contributed by atoms with E-state index in [0.29, 0.717) is 20.8 Å². The molecule has 2 atom stereocenters. The number of aliphatic carboxylic acids is 2. The Kier molecular flexibility index (Phi) is 8.19. The fourth-order valence-corrected chi connectivity index (χ4v) is 7.25. The van der Waals surface area contributed by atoms with Crippen molar-refractivity contribution in [2.45, 2.75) is 35.9 Å². The van der Waals surface area contributed by atoms with Crippen LogP contribution in [0.2, 0.25) is 0 Å². The first-order valence-corrected chi connectivity index (χ1v) is 14.4. The van der Waals surface area contributed by atoms with E-state index in [9.17, 15) is 29.4 Å². The average molecular weight is 601 g/mol. The van der Waals surface area contributed by atoms with Gasteiger partial charge in [0.2, 0.25) is 5.60 Å². The Morgan fingerprint density at radius 1 is 1.37 bits per heavy atom. The zero-order valence-electron chi connectivity index (χ0n) is 19.6. The first-order chi connectivity index (χ1) is 18.0. The van der Waals surface area contributed by atoms with E-state index < -0.39 is 40.8 Å². The number of nitrogens with zero attached hydrogens (tertiary/aromatic N) is 5. The number of carbonyl (C=O) groups excluding carboxylic acids is 2. The number of aromatic nitrogens is 4. The van der Waals surface area contributed by atoms with Crippen LogP contribution < -0.4 is 11.1 Å². The van der Waals surface area contributed by atoms with Crippen molar-refractivity contribution in [2.24, 2.45) is 5.16 Å². The Labute approximate surface area is 231 Å². The van der Waals surface area contributed by atoms with Crippen LogP contribution in [0.5, 0.6) is 0 Å². The van der Waals surface area contributed by atoms with E-state index in [0.717, 1.165) is 16.2 Å². The maximum absolute atomic E-state index is 13.1. The Morgan fingerprint density at radius 3 is 2.74 bits per heavy atom. The van der Waals surface area contributed by atoms with Crippen molar-refractivity contribution in [3.8, 4) is 0 Å². The predicted molar refractivity (Wildman–Crippen MR) is 140 cm³/mol. The lowest BCUT2D eigenvalue weighted by atomic mass is 10.0. The second-order valence-electron chi connectivity index (χ2n) is 8.07. The molecule has 0 saturated carbocycles. The first-order valence-electron chi connectivity index (χ1n) is 10.5. The van der Waals surface area contributed by atoms with Gasteiger partial charge in [0.1, 0.15) is 27.8 Å². The van der Waals surface area contributed by atoms with E-state index in [2.05, 4.69) is 30.9 Å². The van der Waals surface area contributed by atoms with E-state index in [1.165, 1.54) is 54.5 Å². The Hall–Kier alpha value is -3.29. The van der Waals surface area contributed by atoms with Crippen LogP contribution in [0, 0.1) is 0 Å². The number of hydrogen-bond donors (Lipinski definition) is 5. The molecule has 0 bridgehead atoms. The number of nitrogens with two attached hydrogens (primary N) is 1. The molecule has 19 heteroatoms. The van der Waals surface area contributed by atoms with Crippen LogP contribution in [0.25, 0.3) is 0 Å². The van der Waals surface area contributed by atoms with Gasteiger partial charge in [-0.15, -0.1) is 40.0 Å². The number of H-pyrrole nitrogens is 1. The summed E-state index contributed by atoms with van der Waals surface area (Å²) in [5.41, 5.74) is 3.42. The number of nitrogen functional groups attached to an aromatic ring is 1. The normalized spacial score (nSPS) is 19.6. The first kappa shape index (κ1) is 27.7. The average Bonchev–Trinajstić information content (AvgIpc) is 3.54. The minimum absolute atomic E-state index is 0.0283. The summed E-state index contributed by atoms with van der Waals surface area (Å²) in [6.07, 6.45) is 1.54. The summed E-state index contributed by atoms with van der Waals surface area (Å²) in [5, 5.41) is 37.5. The van der Waals surface area contributed by atoms with Crippen molar-refractivity contribution >= 4 is 81.2 Å². The highest BCUT2D eigenvalue weighted by Gasteiger charge is 2.54. The van der Waals surface area contributed by atoms with Crippen LogP contribution in [0.15, 0.2) is 32.4 Å². The van der Waals surface area contributed by atoms with Gasteiger partial charge in [-0.1, -0.05) is 16.9 Å². The zero-order chi connectivity index (χ0) is 27.6. The molecule has 38 heavy (non-hydrogen) atoms. The second-order valence-corrected chi connectivity index (χ2v) is 12.5. The molecule has 4 heterocycles. The summed E-state index contributed by atoms with van der Waals surface area (Å²) in [7, 11) is 0. The molecule has 2 aromatic rings. The number of fused-ring (bicyclic) bond motifs is 1. The molecule has 2 amide bonds. The van der Waals surface area contributed by atoms with Gasteiger partial charge < -0.3 is 26.1 Å². The van der Waals surface area contributed by atoms with Crippen molar-refractivity contribution in [2.75, 3.05) is 16.6 Å². The van der Waals surface area contributed by atoms with Gasteiger partial charge in [0.05, 0.1) is 11.3 Å². The minimum Gasteiger partial charge on any atom is -0.478 e. The monoisotopic (exact) mass is 600 g/mol. The summed E-state index contributed by atoms with van der Waals surface area (Å²) in [6, 6.07) is -1.05. The number of thiazole rings is 1. The molecule has 1 fully saturated rings. The molecule has 6 N–H and O–H groups in total. The second kappa shape index (κ2) is 11.2. The molecular weight excluding hydrogens is 581 g/mol. The molecule has 4 rings (SSSR count). The number of amides is 2. The maximum Gasteiger partial charge on any atom is 0.353 e. The van der Waals surface area contributed by atoms with Gasteiger partial charge in [-0.25, -0.2) is 14.6 Å². The molecule has 0 radical (unpaired) electrons. The number of carboxylic acid groups (broad SMARTS) is 2. The minimum atomic E-state index is -1.75. The van der Waals surface area contributed by atoms with E-state index >= 15 is 0 Å². The highest BCUT2D eigenvalue weighted by Crippen LogP contribution is 2.44. The van der Waals surface area contributed by atoms with Gasteiger partial charge in [-0.2, -0.15) is 10.3 Å². The summed E-state index contributed by atoms with van der Waals surface area (Å²) >= 11 is 4.97. The van der Waals surface area contributed by atoms with Crippen molar-refractivity contribution in [1.82, 2.24) is 30.6 Å². The van der Waals surface area contributed by atoms with Gasteiger partial charge in [-0.05, 0) is 13.8 Å². The van der Waals surface area contributed by atoms with Crippen LogP contribution in [-0.2, 0) is 24.0 Å². The quantitative estimate of drug-likeness (QED) is 0.0783. The number of thioether (sulfide) groups is 3. The van der Waals surface area contributed by atoms with Gasteiger partial charge in [0.15, 0.2) is 10.8 Å². The van der Waals surface area contributed by atoms with Gasteiger partial charge >= 0.3 is 11.9 Å². The molecule has 0 aliphatic carbocycles. The third kappa shape index (κ3) is 5.74. The number of nitrogens with one attached hydrogen (secondary N) is 2. The fourth-order valence-electron chi connectivity index (χ4n) is 3.13. The lowest BCUT2D eigenvalue weighted by Gasteiger charge is -2.49. The number of carbonyl (C=O) groups is 4. The summed E-state index contributed by atoms with van der Waals surface area (Å²) < 4.78 is 0. The van der Waals surface area contributed by atoms with E-state index in [4.69, 9.17) is 10.6 Å². The fraction of sp³-hybridized carbons (Fsp3) is 0.368. The summed E-state index contributed by atoms with van der Waals surface area (Å²) in [6.45, 7) is 2.49. The smallest absolute Gasteiger partial charge is 0.353 e. The van der Waals surface area contributed by atoms with Crippen molar-refractivity contribution < 1.29 is 34.2 Å². The Morgan fingerprint density at radius 2 is 2.13 bits per heavy atom. The number of anilines is 1. The van der Waals surface area contributed by atoms with Crippen molar-refractivity contribution in [3.63, 3.8) is 0 Å². The topological polar surface area (TPSA) is 226 Å². The lowest BCUT2D eigenvalue weighted by molar-refractivity contribution is -0.161. The Balaban J connectivity index is 1.49. The number of carboxylic acids is 2. The third-order valence-corrected chi connectivity index (χ3v) is 9.37. The number of hydrogen-bond acceptors (Lipinski definition) is 14. The van der Waals surface area contributed by atoms with Crippen LogP contribution in [0.4, 0.5) is 5.13 Å². The molecule has 0 unspecified atom stereocenters. The van der Waals surface area contributed by atoms with E-state index in [1.807, 2.05) is 0 Å². The number of oxime groups is 1. The molecule has 2 aliphatic heterocycles. The van der Waals surface area contributed by atoms with Gasteiger partial charge in [0, 0.05) is 16.0 Å². The van der Waals surface area contributed by atoms with Crippen LogP contribution in [0.3, 0.4) is 0 Å². The molecule has 2 aliphatic rings. The van der Waals surface area contributed by atoms with Crippen LogP contribution in [-0.4, -0.2) is 92.8 Å². The molecular formula is C19H20N8O7S4. The largest absolute Gasteiger partial charge is 0.478 e. The van der Waals surface area contributed by atoms with Crippen molar-refractivity contribution in [3.05, 3.63) is 27.9 Å². The number of aromatic amines is 1. The highest BCUT2D eigenvalue weighted by molar-refractivity contribution is 8.18. The number of rotatable bonds is 11. The van der Waals surface area contributed by atoms with Crippen LogP contribution >= 0.6 is 46.6 Å². The summed E-state index contributed by atoms with van der Waals surface area (Å²) in [4.78, 5) is 60.3. The van der Waals surface area contributed by atoms with Crippen molar-refractivity contribution in [1.29, 1.82) is 0 Å². The molecule has 202 valence electrons. The maximum atomic E-state index is 13.1. The van der Waals surface area contributed by atoms with Crippen LogP contribution in [0.1, 0.15) is 19.5 Å². The predicted octanol–water partition coefficient (Wildman–Crippen LogP) is 0.606. The number of β-lactam (4-membered cyclic amide) rings is 1. The highest BCUT2D eigenvalue weighted by atomic mass is 32.2. The molecule has 1 saturated heterocycles. The molecule has 15 nitrogen and oxygen atoms in total. The van der Waals surface area contributed by atoms with E-state index in [1.54, 1.807) is 6.20 Å². The SMILES string of the molecule is CC(C)(O/N=C(/C(=O)N[C@@H]1C(=O)N2C(C(=O)O)=C(SCSc3cn[nH]n3)CS[C@H]12)c1csc(N)n1)C(=O)O. The Bertz CT molecular complexity index is 1330. The standard InChI is InChI=1S/C19H20N8O7S4/c1-19(2,17(32)33)34-25-10(7-4-36-18(20)22-7)13(28)23-11-14(29)27-12(16(30)31)8(5-35-15(11)27)37-6-38-9-3-21-26-24-9/h3-4,11,15H,5-6H2,1-2H3,(H2,20,22)(H,23,28)(H,30,31)(H,32,33)(H,21,24,26)/b25-10+/t11-,15-/m1/s1. The van der Waals surface area contributed by atoms with E-state index in [-0.39, 0.29) is 22.2 Å². The zero-order valence-corrected chi connectivity index (χ0v) is 22.9. The van der Waals surface area contributed by atoms with Gasteiger partial charge in [0.25, 0.3) is 11.8 Å². The third-order valence-electron chi connectivity index (χ3n) is 5.12. The molecule has 2 aromatic heterocycles. The van der Waals surface area contributed by atoms with Gasteiger partial charge in [-0.3, -0.25) is 14.5 Å². The molecule has 0 spiro atoms.